The highest BCUT2D eigenvalue weighted by Gasteiger charge is 2.29. The van der Waals surface area contributed by atoms with E-state index in [1.54, 1.807) is 25.3 Å². The smallest absolute Gasteiger partial charge is 0.224 e. The Labute approximate surface area is 122 Å². The van der Waals surface area contributed by atoms with Gasteiger partial charge in [0.2, 0.25) is 5.91 Å². The fourth-order valence-electron chi connectivity index (χ4n) is 2.02. The molecule has 1 aromatic rings. The Morgan fingerprint density at radius 3 is 2.74 bits per heavy atom. The topological polar surface area (TPSA) is 47.6 Å². The molecule has 1 aliphatic rings. The maximum atomic E-state index is 12.0. The van der Waals surface area contributed by atoms with E-state index < -0.39 is 0 Å². The van der Waals surface area contributed by atoms with E-state index in [2.05, 4.69) is 5.32 Å². The monoisotopic (exact) mass is 303 g/mol. The first-order valence-corrected chi connectivity index (χ1v) is 6.70. The summed E-state index contributed by atoms with van der Waals surface area (Å²) in [6, 6.07) is 5.05. The molecule has 0 aromatic heterocycles. The molecule has 1 N–H and O–H groups in total. The van der Waals surface area contributed by atoms with Crippen LogP contribution in [0.4, 0.5) is 0 Å². The van der Waals surface area contributed by atoms with Crippen molar-refractivity contribution in [1.29, 1.82) is 0 Å². The quantitative estimate of drug-likeness (QED) is 0.926. The van der Waals surface area contributed by atoms with Crippen LogP contribution in [0.1, 0.15) is 5.56 Å². The molecule has 6 heteroatoms. The molecular formula is C13H15Cl2NO3. The summed E-state index contributed by atoms with van der Waals surface area (Å²) in [6.07, 6.45) is 0.0384. The van der Waals surface area contributed by atoms with Gasteiger partial charge in [-0.25, -0.2) is 0 Å². The van der Waals surface area contributed by atoms with Crippen molar-refractivity contribution >= 4 is 29.1 Å². The Bertz CT molecular complexity index is 447. The second kappa shape index (κ2) is 6.57. The van der Waals surface area contributed by atoms with Crippen LogP contribution in [0.3, 0.4) is 0 Å². The minimum absolute atomic E-state index is 0.106. The summed E-state index contributed by atoms with van der Waals surface area (Å²) in [5.41, 5.74) is 0.635. The van der Waals surface area contributed by atoms with Gasteiger partial charge in [-0.1, -0.05) is 29.3 Å². The molecule has 0 unspecified atom stereocenters. The van der Waals surface area contributed by atoms with Gasteiger partial charge in [0, 0.05) is 17.2 Å². The summed E-state index contributed by atoms with van der Waals surface area (Å²) in [4.78, 5) is 12.0. The number of methoxy groups -OCH3 is 1. The van der Waals surface area contributed by atoms with E-state index >= 15 is 0 Å². The highest BCUT2D eigenvalue weighted by Crippen LogP contribution is 2.24. The molecule has 0 spiro atoms. The molecule has 0 aliphatic carbocycles. The Hall–Kier alpha value is -0.810. The fraction of sp³-hybridized carbons (Fsp3) is 0.462. The Kier molecular flexibility index (Phi) is 5.05. The van der Waals surface area contributed by atoms with E-state index in [0.717, 1.165) is 0 Å². The van der Waals surface area contributed by atoms with Gasteiger partial charge in [0.15, 0.2) is 0 Å². The molecule has 1 aliphatic heterocycles. The standard InChI is InChI=1S/C13H15Cl2NO3/c1-18-12-7-19-6-11(12)16-13(17)5-8-9(14)3-2-4-10(8)15/h2-4,11-12H,5-7H2,1H3,(H,16,17)/t11-,12-/m0/s1. The first-order chi connectivity index (χ1) is 9.11. The summed E-state index contributed by atoms with van der Waals surface area (Å²) in [6.45, 7) is 0.953. The lowest BCUT2D eigenvalue weighted by Crippen LogP contribution is -2.44. The molecular weight excluding hydrogens is 289 g/mol. The molecule has 4 nitrogen and oxygen atoms in total. The van der Waals surface area contributed by atoms with E-state index in [4.69, 9.17) is 32.7 Å². The van der Waals surface area contributed by atoms with Gasteiger partial charge in [-0.2, -0.15) is 0 Å². The molecule has 0 saturated carbocycles. The van der Waals surface area contributed by atoms with Crippen LogP contribution in [-0.2, 0) is 20.7 Å². The molecule has 2 atom stereocenters. The number of amides is 1. The lowest BCUT2D eigenvalue weighted by Gasteiger charge is -2.18. The van der Waals surface area contributed by atoms with Crippen LogP contribution in [0.25, 0.3) is 0 Å². The van der Waals surface area contributed by atoms with Gasteiger partial charge in [-0.15, -0.1) is 0 Å². The Morgan fingerprint density at radius 2 is 2.11 bits per heavy atom. The van der Waals surface area contributed by atoms with E-state index in [0.29, 0.717) is 28.8 Å². The van der Waals surface area contributed by atoms with Crippen molar-refractivity contribution in [3.8, 4) is 0 Å². The summed E-state index contributed by atoms with van der Waals surface area (Å²) < 4.78 is 10.5. The van der Waals surface area contributed by atoms with Crippen LogP contribution < -0.4 is 5.32 Å². The molecule has 1 heterocycles. The summed E-state index contributed by atoms with van der Waals surface area (Å²) in [5, 5.41) is 3.86. The van der Waals surface area contributed by atoms with Gasteiger partial charge in [0.1, 0.15) is 6.10 Å². The zero-order chi connectivity index (χ0) is 13.8. The maximum Gasteiger partial charge on any atom is 0.224 e. The second-order valence-corrected chi connectivity index (χ2v) is 5.18. The van der Waals surface area contributed by atoms with Crippen LogP contribution in [0.15, 0.2) is 18.2 Å². The summed E-state index contributed by atoms with van der Waals surface area (Å²) in [7, 11) is 1.60. The molecule has 1 saturated heterocycles. The first-order valence-electron chi connectivity index (χ1n) is 5.94. The minimum Gasteiger partial charge on any atom is -0.377 e. The first kappa shape index (κ1) is 14.6. The Balaban J connectivity index is 1.98. The van der Waals surface area contributed by atoms with Crippen molar-refractivity contribution in [3.05, 3.63) is 33.8 Å². The van der Waals surface area contributed by atoms with Gasteiger partial charge in [-0.3, -0.25) is 4.79 Å². The van der Waals surface area contributed by atoms with Gasteiger partial charge in [0.25, 0.3) is 0 Å². The van der Waals surface area contributed by atoms with E-state index in [-0.39, 0.29) is 24.5 Å². The van der Waals surface area contributed by atoms with Crippen molar-refractivity contribution in [2.75, 3.05) is 20.3 Å². The molecule has 0 bridgehead atoms. The Morgan fingerprint density at radius 1 is 1.42 bits per heavy atom. The molecule has 1 amide bonds. The number of hydrogen-bond acceptors (Lipinski definition) is 3. The van der Waals surface area contributed by atoms with Crippen molar-refractivity contribution in [2.45, 2.75) is 18.6 Å². The molecule has 19 heavy (non-hydrogen) atoms. The van der Waals surface area contributed by atoms with E-state index in [9.17, 15) is 4.79 Å². The summed E-state index contributed by atoms with van der Waals surface area (Å²) in [5.74, 6) is -0.146. The average molecular weight is 304 g/mol. The number of rotatable bonds is 4. The number of nitrogens with one attached hydrogen (secondary N) is 1. The maximum absolute atomic E-state index is 12.0. The van der Waals surface area contributed by atoms with Crippen LogP contribution >= 0.6 is 23.2 Å². The third kappa shape index (κ3) is 3.60. The van der Waals surface area contributed by atoms with Gasteiger partial charge >= 0.3 is 0 Å². The highest BCUT2D eigenvalue weighted by molar-refractivity contribution is 6.36. The highest BCUT2D eigenvalue weighted by atomic mass is 35.5. The SMILES string of the molecule is CO[C@H]1COC[C@@H]1NC(=O)Cc1c(Cl)cccc1Cl. The molecule has 104 valence electrons. The van der Waals surface area contributed by atoms with Crippen LogP contribution in [-0.4, -0.2) is 38.4 Å². The number of ether oxygens (including phenoxy) is 2. The van der Waals surface area contributed by atoms with E-state index in [1.165, 1.54) is 0 Å². The summed E-state index contributed by atoms with van der Waals surface area (Å²) >= 11 is 12.1. The molecule has 0 radical (unpaired) electrons. The zero-order valence-corrected chi connectivity index (χ0v) is 12.0. The van der Waals surface area contributed by atoms with Gasteiger partial charge in [-0.05, 0) is 17.7 Å². The molecule has 1 aromatic carbocycles. The van der Waals surface area contributed by atoms with Gasteiger partial charge < -0.3 is 14.8 Å². The second-order valence-electron chi connectivity index (χ2n) is 4.36. The predicted molar refractivity (Wildman–Crippen MR) is 73.7 cm³/mol. The lowest BCUT2D eigenvalue weighted by atomic mass is 10.1. The van der Waals surface area contributed by atoms with Gasteiger partial charge in [0.05, 0.1) is 25.7 Å². The number of carbonyl (C=O) groups is 1. The largest absolute Gasteiger partial charge is 0.377 e. The number of halogens is 2. The lowest BCUT2D eigenvalue weighted by molar-refractivity contribution is -0.121. The normalized spacial score (nSPS) is 22.5. The third-order valence-electron chi connectivity index (χ3n) is 3.08. The van der Waals surface area contributed by atoms with Crippen LogP contribution in [0.2, 0.25) is 10.0 Å². The van der Waals surface area contributed by atoms with Crippen molar-refractivity contribution in [3.63, 3.8) is 0 Å². The zero-order valence-electron chi connectivity index (χ0n) is 10.5. The minimum atomic E-state index is -0.146. The number of carbonyl (C=O) groups excluding carboxylic acids is 1. The van der Waals surface area contributed by atoms with Crippen molar-refractivity contribution in [2.24, 2.45) is 0 Å². The predicted octanol–water partition coefficient (Wildman–Crippen LogP) is 2.07. The van der Waals surface area contributed by atoms with Crippen molar-refractivity contribution < 1.29 is 14.3 Å². The average Bonchev–Trinajstić information content (AvgIpc) is 2.81. The van der Waals surface area contributed by atoms with Crippen LogP contribution in [0.5, 0.6) is 0 Å². The number of benzene rings is 1. The van der Waals surface area contributed by atoms with Crippen molar-refractivity contribution in [1.82, 2.24) is 5.32 Å². The van der Waals surface area contributed by atoms with Crippen LogP contribution in [0, 0.1) is 0 Å². The van der Waals surface area contributed by atoms with E-state index in [1.807, 2.05) is 0 Å². The third-order valence-corrected chi connectivity index (χ3v) is 3.78. The fourth-order valence-corrected chi connectivity index (χ4v) is 2.55. The number of hydrogen-bond donors (Lipinski definition) is 1. The molecule has 2 rings (SSSR count). The molecule has 1 fully saturated rings.